The van der Waals surface area contributed by atoms with Crippen LogP contribution in [0.4, 0.5) is 0 Å². The van der Waals surface area contributed by atoms with Gasteiger partial charge >= 0.3 is 5.97 Å². The van der Waals surface area contributed by atoms with Gasteiger partial charge in [0.15, 0.2) is 0 Å². The molecule has 86 valence electrons. The molecular formula is C13H10ClNO2. The number of carboxylic acid groups (broad SMARTS) is 1. The lowest BCUT2D eigenvalue weighted by Crippen LogP contribution is -2.00. The number of rotatable bonds is 2. The molecule has 17 heavy (non-hydrogen) atoms. The number of aryl methyl sites for hydroxylation is 1. The number of hydrogen-bond donors (Lipinski definition) is 1. The van der Waals surface area contributed by atoms with Gasteiger partial charge in [-0.15, -0.1) is 0 Å². The number of aromatic carboxylic acids is 1. The number of carbonyl (C=O) groups is 1. The van der Waals surface area contributed by atoms with Crippen molar-refractivity contribution in [3.05, 3.63) is 52.8 Å². The van der Waals surface area contributed by atoms with Gasteiger partial charge in [0.1, 0.15) is 0 Å². The molecule has 0 saturated carbocycles. The van der Waals surface area contributed by atoms with Crippen molar-refractivity contribution < 1.29 is 9.90 Å². The highest BCUT2D eigenvalue weighted by atomic mass is 35.5. The number of halogens is 1. The third-order valence-corrected chi connectivity index (χ3v) is 2.77. The number of pyridine rings is 1. The van der Waals surface area contributed by atoms with E-state index in [4.69, 9.17) is 16.7 Å². The predicted molar refractivity (Wildman–Crippen MR) is 66.4 cm³/mol. The van der Waals surface area contributed by atoms with Crippen LogP contribution in [0.15, 0.2) is 36.7 Å². The fourth-order valence-electron chi connectivity index (χ4n) is 1.72. The second-order valence-electron chi connectivity index (χ2n) is 3.69. The van der Waals surface area contributed by atoms with Crippen LogP contribution in [0.25, 0.3) is 11.1 Å². The van der Waals surface area contributed by atoms with Gasteiger partial charge < -0.3 is 5.11 Å². The van der Waals surface area contributed by atoms with Crippen LogP contribution >= 0.6 is 11.6 Å². The Bertz CT molecular complexity index is 581. The normalized spacial score (nSPS) is 10.2. The molecule has 0 fully saturated rings. The van der Waals surface area contributed by atoms with Gasteiger partial charge in [0.2, 0.25) is 0 Å². The van der Waals surface area contributed by atoms with Gasteiger partial charge in [-0.2, -0.15) is 0 Å². The molecule has 0 bridgehead atoms. The summed E-state index contributed by atoms with van der Waals surface area (Å²) in [6, 6.07) is 6.84. The van der Waals surface area contributed by atoms with Crippen LogP contribution < -0.4 is 0 Å². The number of hydrogen-bond acceptors (Lipinski definition) is 2. The highest BCUT2D eigenvalue weighted by Crippen LogP contribution is 2.28. The predicted octanol–water partition coefficient (Wildman–Crippen LogP) is 3.41. The lowest BCUT2D eigenvalue weighted by atomic mass is 9.98. The highest BCUT2D eigenvalue weighted by Gasteiger charge is 2.12. The van der Waals surface area contributed by atoms with Crippen molar-refractivity contribution in [3.8, 4) is 11.1 Å². The van der Waals surface area contributed by atoms with E-state index in [1.54, 1.807) is 24.4 Å². The number of carboxylic acids is 1. The zero-order valence-corrected chi connectivity index (χ0v) is 9.90. The van der Waals surface area contributed by atoms with E-state index in [2.05, 4.69) is 4.98 Å². The van der Waals surface area contributed by atoms with Crippen LogP contribution in [0.3, 0.4) is 0 Å². The minimum absolute atomic E-state index is 0.241. The van der Waals surface area contributed by atoms with Crippen molar-refractivity contribution in [3.63, 3.8) is 0 Å². The van der Waals surface area contributed by atoms with Crippen molar-refractivity contribution in [1.29, 1.82) is 0 Å². The fourth-order valence-corrected chi connectivity index (χ4v) is 1.95. The van der Waals surface area contributed by atoms with E-state index in [-0.39, 0.29) is 5.56 Å². The first kappa shape index (κ1) is 11.6. The molecule has 1 N–H and O–H groups in total. The zero-order valence-electron chi connectivity index (χ0n) is 9.14. The zero-order chi connectivity index (χ0) is 12.4. The molecule has 0 radical (unpaired) electrons. The SMILES string of the molecule is Cc1cc(Cl)ccc1-c1cnccc1C(=O)O. The molecule has 0 amide bonds. The van der Waals surface area contributed by atoms with Gasteiger partial charge in [-0.1, -0.05) is 17.7 Å². The van der Waals surface area contributed by atoms with E-state index in [0.29, 0.717) is 10.6 Å². The second-order valence-corrected chi connectivity index (χ2v) is 4.12. The first-order chi connectivity index (χ1) is 8.09. The number of benzene rings is 1. The third-order valence-electron chi connectivity index (χ3n) is 2.53. The summed E-state index contributed by atoms with van der Waals surface area (Å²) in [5, 5.41) is 9.75. The quantitative estimate of drug-likeness (QED) is 0.885. The maximum absolute atomic E-state index is 11.1. The summed E-state index contributed by atoms with van der Waals surface area (Å²) in [5.74, 6) is -0.961. The Morgan fingerprint density at radius 3 is 2.71 bits per heavy atom. The first-order valence-electron chi connectivity index (χ1n) is 5.03. The summed E-state index contributed by atoms with van der Waals surface area (Å²) in [5.41, 5.74) is 2.60. The van der Waals surface area contributed by atoms with Crippen molar-refractivity contribution in [2.24, 2.45) is 0 Å². The molecule has 0 aliphatic rings. The molecule has 1 aromatic heterocycles. The molecule has 1 heterocycles. The largest absolute Gasteiger partial charge is 0.478 e. The lowest BCUT2D eigenvalue weighted by molar-refractivity contribution is 0.0697. The average Bonchev–Trinajstić information content (AvgIpc) is 2.29. The second kappa shape index (κ2) is 4.55. The van der Waals surface area contributed by atoms with Gasteiger partial charge in [0.05, 0.1) is 5.56 Å². The lowest BCUT2D eigenvalue weighted by Gasteiger charge is -2.08. The van der Waals surface area contributed by atoms with Gasteiger partial charge in [0.25, 0.3) is 0 Å². The summed E-state index contributed by atoms with van der Waals surface area (Å²) in [7, 11) is 0. The molecule has 1 aromatic carbocycles. The third kappa shape index (κ3) is 2.29. The molecule has 0 spiro atoms. The van der Waals surface area contributed by atoms with E-state index in [1.165, 1.54) is 12.3 Å². The van der Waals surface area contributed by atoms with Gasteiger partial charge in [-0.25, -0.2) is 4.79 Å². The molecule has 0 saturated heterocycles. The summed E-state index contributed by atoms with van der Waals surface area (Å²) in [4.78, 5) is 15.1. The van der Waals surface area contributed by atoms with Crippen molar-refractivity contribution in [1.82, 2.24) is 4.98 Å². The average molecular weight is 248 g/mol. The van der Waals surface area contributed by atoms with Crippen LogP contribution in [0.1, 0.15) is 15.9 Å². The monoisotopic (exact) mass is 247 g/mol. The molecule has 3 nitrogen and oxygen atoms in total. The Kier molecular flexibility index (Phi) is 3.11. The van der Waals surface area contributed by atoms with E-state index < -0.39 is 5.97 Å². The summed E-state index contributed by atoms with van der Waals surface area (Å²) < 4.78 is 0. The minimum Gasteiger partial charge on any atom is -0.478 e. The maximum Gasteiger partial charge on any atom is 0.336 e. The van der Waals surface area contributed by atoms with Gasteiger partial charge in [-0.3, -0.25) is 4.98 Å². The summed E-state index contributed by atoms with van der Waals surface area (Å²) in [6.45, 7) is 1.89. The molecule has 0 atom stereocenters. The molecule has 0 unspecified atom stereocenters. The van der Waals surface area contributed by atoms with Crippen LogP contribution in [0, 0.1) is 6.92 Å². The Balaban J connectivity index is 2.64. The standard InChI is InChI=1S/C13H10ClNO2/c1-8-6-9(14)2-3-10(8)12-7-15-5-4-11(12)13(16)17/h2-7H,1H3,(H,16,17). The van der Waals surface area contributed by atoms with Crippen LogP contribution in [0.2, 0.25) is 5.02 Å². The van der Waals surface area contributed by atoms with Crippen molar-refractivity contribution in [2.75, 3.05) is 0 Å². The fraction of sp³-hybridized carbons (Fsp3) is 0.0769. The molecule has 2 rings (SSSR count). The Labute approximate surface area is 104 Å². The van der Waals surface area contributed by atoms with Gasteiger partial charge in [0, 0.05) is 23.0 Å². The van der Waals surface area contributed by atoms with Crippen LogP contribution in [-0.2, 0) is 0 Å². The summed E-state index contributed by atoms with van der Waals surface area (Å²) >= 11 is 5.87. The number of nitrogens with zero attached hydrogens (tertiary/aromatic N) is 1. The van der Waals surface area contributed by atoms with Crippen molar-refractivity contribution in [2.45, 2.75) is 6.92 Å². The van der Waals surface area contributed by atoms with E-state index in [1.807, 2.05) is 6.92 Å². The number of aromatic nitrogens is 1. The molecular weight excluding hydrogens is 238 g/mol. The Morgan fingerprint density at radius 1 is 1.29 bits per heavy atom. The smallest absolute Gasteiger partial charge is 0.336 e. The van der Waals surface area contributed by atoms with E-state index in [0.717, 1.165) is 11.1 Å². The summed E-state index contributed by atoms with van der Waals surface area (Å²) in [6.07, 6.45) is 3.03. The Morgan fingerprint density at radius 2 is 2.06 bits per heavy atom. The molecule has 4 heteroatoms. The highest BCUT2D eigenvalue weighted by molar-refractivity contribution is 6.30. The minimum atomic E-state index is -0.961. The maximum atomic E-state index is 11.1. The first-order valence-corrected chi connectivity index (χ1v) is 5.41. The van der Waals surface area contributed by atoms with E-state index >= 15 is 0 Å². The van der Waals surface area contributed by atoms with Crippen molar-refractivity contribution >= 4 is 17.6 Å². The molecule has 0 aliphatic carbocycles. The molecule has 2 aromatic rings. The van der Waals surface area contributed by atoms with E-state index in [9.17, 15) is 4.79 Å². The van der Waals surface area contributed by atoms with Crippen LogP contribution in [-0.4, -0.2) is 16.1 Å². The molecule has 0 aliphatic heterocycles. The Hall–Kier alpha value is -1.87. The van der Waals surface area contributed by atoms with Gasteiger partial charge in [-0.05, 0) is 36.2 Å². The van der Waals surface area contributed by atoms with Crippen LogP contribution in [0.5, 0.6) is 0 Å². The topological polar surface area (TPSA) is 50.2 Å².